The maximum Gasteiger partial charge on any atom is 0.339 e. The average molecular weight is 262 g/mol. The third-order valence-corrected chi connectivity index (χ3v) is 2.98. The SMILES string of the molecule is Cc1c(C(=O)O)c(C(C)C)nn1-c1ccc(F)cc1. The Balaban J connectivity index is 2.62. The summed E-state index contributed by atoms with van der Waals surface area (Å²) in [5, 5.41) is 13.6. The number of hydrogen-bond donors (Lipinski definition) is 1. The van der Waals surface area contributed by atoms with Gasteiger partial charge in [-0.25, -0.2) is 13.9 Å². The molecule has 0 aliphatic heterocycles. The van der Waals surface area contributed by atoms with Gasteiger partial charge in [0.2, 0.25) is 0 Å². The number of halogens is 1. The first-order chi connectivity index (χ1) is 8.91. The summed E-state index contributed by atoms with van der Waals surface area (Å²) in [6.45, 7) is 5.48. The van der Waals surface area contributed by atoms with Crippen molar-refractivity contribution in [2.45, 2.75) is 26.7 Å². The molecule has 0 atom stereocenters. The van der Waals surface area contributed by atoms with Crippen molar-refractivity contribution in [3.63, 3.8) is 0 Å². The number of aromatic nitrogens is 2. The molecule has 2 rings (SSSR count). The van der Waals surface area contributed by atoms with E-state index in [1.807, 2.05) is 13.8 Å². The van der Waals surface area contributed by atoms with E-state index in [4.69, 9.17) is 0 Å². The van der Waals surface area contributed by atoms with E-state index in [0.29, 0.717) is 17.1 Å². The van der Waals surface area contributed by atoms with Crippen molar-refractivity contribution in [1.29, 1.82) is 0 Å². The summed E-state index contributed by atoms with van der Waals surface area (Å²) in [6, 6.07) is 5.80. The predicted octanol–water partition coefficient (Wildman–Crippen LogP) is 3.14. The van der Waals surface area contributed by atoms with Gasteiger partial charge in [0.05, 0.1) is 17.1 Å². The summed E-state index contributed by atoms with van der Waals surface area (Å²) in [5.41, 5.74) is 1.95. The van der Waals surface area contributed by atoms with Gasteiger partial charge in [-0.1, -0.05) is 13.8 Å². The van der Waals surface area contributed by atoms with E-state index in [1.54, 1.807) is 19.1 Å². The molecule has 1 aromatic heterocycles. The highest BCUT2D eigenvalue weighted by Gasteiger charge is 2.23. The van der Waals surface area contributed by atoms with Crippen LogP contribution in [0, 0.1) is 12.7 Å². The number of carboxylic acids is 1. The molecule has 0 aliphatic carbocycles. The lowest BCUT2D eigenvalue weighted by molar-refractivity contribution is 0.0694. The van der Waals surface area contributed by atoms with Crippen LogP contribution in [0.15, 0.2) is 24.3 Å². The molecule has 0 saturated heterocycles. The fraction of sp³-hybridized carbons (Fsp3) is 0.286. The first-order valence-corrected chi connectivity index (χ1v) is 6.00. The van der Waals surface area contributed by atoms with Crippen LogP contribution >= 0.6 is 0 Å². The number of hydrogen-bond acceptors (Lipinski definition) is 2. The van der Waals surface area contributed by atoms with E-state index in [-0.39, 0.29) is 17.3 Å². The molecule has 0 fully saturated rings. The minimum atomic E-state index is -0.991. The standard InChI is InChI=1S/C14H15FN2O2/c1-8(2)13-12(14(18)19)9(3)17(16-13)11-6-4-10(15)5-7-11/h4-8H,1-3H3,(H,18,19). The molecule has 1 heterocycles. The van der Waals surface area contributed by atoms with E-state index < -0.39 is 5.97 Å². The molecular weight excluding hydrogens is 247 g/mol. The van der Waals surface area contributed by atoms with Gasteiger partial charge in [-0.15, -0.1) is 0 Å². The van der Waals surface area contributed by atoms with Crippen molar-refractivity contribution in [2.75, 3.05) is 0 Å². The minimum absolute atomic E-state index is 0.00602. The number of nitrogens with zero attached hydrogens (tertiary/aromatic N) is 2. The Hall–Kier alpha value is -2.17. The van der Waals surface area contributed by atoms with Gasteiger partial charge in [0.15, 0.2) is 0 Å². The molecule has 19 heavy (non-hydrogen) atoms. The quantitative estimate of drug-likeness (QED) is 0.924. The van der Waals surface area contributed by atoms with Crippen LogP contribution in [0.4, 0.5) is 4.39 Å². The fourth-order valence-electron chi connectivity index (χ4n) is 2.03. The highest BCUT2D eigenvalue weighted by molar-refractivity contribution is 5.90. The lowest BCUT2D eigenvalue weighted by Crippen LogP contribution is -2.03. The molecule has 0 spiro atoms. The summed E-state index contributed by atoms with van der Waals surface area (Å²) in [5.74, 6) is -1.32. The van der Waals surface area contributed by atoms with Crippen molar-refractivity contribution >= 4 is 5.97 Å². The Kier molecular flexibility index (Phi) is 3.38. The van der Waals surface area contributed by atoms with Crippen LogP contribution in [0.25, 0.3) is 5.69 Å². The van der Waals surface area contributed by atoms with E-state index in [9.17, 15) is 14.3 Å². The molecule has 4 nitrogen and oxygen atoms in total. The Morgan fingerprint density at radius 1 is 1.32 bits per heavy atom. The molecule has 1 N–H and O–H groups in total. The molecule has 0 radical (unpaired) electrons. The molecule has 2 aromatic rings. The topological polar surface area (TPSA) is 55.1 Å². The Morgan fingerprint density at radius 3 is 2.32 bits per heavy atom. The molecule has 0 saturated carbocycles. The van der Waals surface area contributed by atoms with Gasteiger partial charge in [-0.05, 0) is 37.1 Å². The Bertz CT molecular complexity index is 615. The average Bonchev–Trinajstić information content (AvgIpc) is 2.68. The van der Waals surface area contributed by atoms with Crippen LogP contribution in [0.3, 0.4) is 0 Å². The van der Waals surface area contributed by atoms with E-state index >= 15 is 0 Å². The number of aromatic carboxylic acids is 1. The van der Waals surface area contributed by atoms with Crippen LogP contribution in [0.1, 0.15) is 41.5 Å². The Labute approximate surface area is 110 Å². The van der Waals surface area contributed by atoms with Crippen molar-refractivity contribution < 1.29 is 14.3 Å². The Morgan fingerprint density at radius 2 is 1.89 bits per heavy atom. The van der Waals surface area contributed by atoms with Gasteiger partial charge in [0.25, 0.3) is 0 Å². The van der Waals surface area contributed by atoms with Crippen LogP contribution < -0.4 is 0 Å². The van der Waals surface area contributed by atoms with Gasteiger partial charge in [0, 0.05) is 0 Å². The van der Waals surface area contributed by atoms with Gasteiger partial charge < -0.3 is 5.11 Å². The molecule has 0 amide bonds. The second-order valence-electron chi connectivity index (χ2n) is 4.69. The van der Waals surface area contributed by atoms with Crippen molar-refractivity contribution in [3.05, 3.63) is 47.0 Å². The summed E-state index contributed by atoms with van der Waals surface area (Å²) < 4.78 is 14.5. The first kappa shape index (κ1) is 13.3. The summed E-state index contributed by atoms with van der Waals surface area (Å²) in [7, 11) is 0. The molecule has 5 heteroatoms. The molecule has 1 aromatic carbocycles. The summed E-state index contributed by atoms with van der Waals surface area (Å²) in [6.07, 6.45) is 0. The zero-order valence-electron chi connectivity index (χ0n) is 11.0. The smallest absolute Gasteiger partial charge is 0.339 e. The van der Waals surface area contributed by atoms with Gasteiger partial charge in [-0.2, -0.15) is 5.10 Å². The summed E-state index contributed by atoms with van der Waals surface area (Å²) >= 11 is 0. The van der Waals surface area contributed by atoms with E-state index in [2.05, 4.69) is 5.10 Å². The molecule has 100 valence electrons. The van der Waals surface area contributed by atoms with Crippen molar-refractivity contribution in [2.24, 2.45) is 0 Å². The van der Waals surface area contributed by atoms with E-state index in [0.717, 1.165) is 0 Å². The fourth-order valence-corrected chi connectivity index (χ4v) is 2.03. The zero-order chi connectivity index (χ0) is 14.2. The van der Waals surface area contributed by atoms with Crippen molar-refractivity contribution in [1.82, 2.24) is 9.78 Å². The first-order valence-electron chi connectivity index (χ1n) is 6.00. The highest BCUT2D eigenvalue weighted by Crippen LogP contribution is 2.24. The van der Waals surface area contributed by atoms with Crippen LogP contribution in [-0.2, 0) is 0 Å². The largest absolute Gasteiger partial charge is 0.478 e. The zero-order valence-corrected chi connectivity index (χ0v) is 11.0. The third-order valence-electron chi connectivity index (χ3n) is 2.98. The number of rotatable bonds is 3. The number of carbonyl (C=O) groups is 1. The van der Waals surface area contributed by atoms with Gasteiger partial charge >= 0.3 is 5.97 Å². The molecule has 0 unspecified atom stereocenters. The second kappa shape index (κ2) is 4.84. The molecular formula is C14H15FN2O2. The number of carboxylic acid groups (broad SMARTS) is 1. The van der Waals surface area contributed by atoms with Crippen LogP contribution in [0.2, 0.25) is 0 Å². The third kappa shape index (κ3) is 2.36. The monoisotopic (exact) mass is 262 g/mol. The minimum Gasteiger partial charge on any atom is -0.478 e. The maximum atomic E-state index is 12.9. The van der Waals surface area contributed by atoms with Gasteiger partial charge in [-0.3, -0.25) is 0 Å². The van der Waals surface area contributed by atoms with Gasteiger partial charge in [0.1, 0.15) is 11.4 Å². The molecule has 0 bridgehead atoms. The van der Waals surface area contributed by atoms with Crippen LogP contribution in [0.5, 0.6) is 0 Å². The van der Waals surface area contributed by atoms with Crippen molar-refractivity contribution in [3.8, 4) is 5.69 Å². The maximum absolute atomic E-state index is 12.9. The second-order valence-corrected chi connectivity index (χ2v) is 4.69. The lowest BCUT2D eigenvalue weighted by atomic mass is 10.0. The predicted molar refractivity (Wildman–Crippen MR) is 69.3 cm³/mol. The molecule has 0 aliphatic rings. The number of benzene rings is 1. The summed E-state index contributed by atoms with van der Waals surface area (Å²) in [4.78, 5) is 11.3. The normalized spacial score (nSPS) is 11.0. The lowest BCUT2D eigenvalue weighted by Gasteiger charge is -2.04. The highest BCUT2D eigenvalue weighted by atomic mass is 19.1. The van der Waals surface area contributed by atoms with E-state index in [1.165, 1.54) is 16.8 Å². The van der Waals surface area contributed by atoms with Crippen LogP contribution in [-0.4, -0.2) is 20.9 Å².